The van der Waals surface area contributed by atoms with Crippen molar-refractivity contribution < 1.29 is 9.53 Å². The van der Waals surface area contributed by atoms with Crippen molar-refractivity contribution in [2.45, 2.75) is 25.6 Å². The Labute approximate surface area is 42.5 Å². The van der Waals surface area contributed by atoms with Gasteiger partial charge in [-0.25, -0.2) is 0 Å². The Kier molecular flexibility index (Phi) is 1.11. The molecule has 0 N–H and O–H groups in total. The topological polar surface area (TPSA) is 26.3 Å². The maximum absolute atomic E-state index is 9.81. The number of ether oxygens (including phenoxy) is 1. The highest BCUT2D eigenvalue weighted by atomic mass is 16.5. The molecular formula is C5H8O2. The lowest BCUT2D eigenvalue weighted by atomic mass is 10.1. The summed E-state index contributed by atoms with van der Waals surface area (Å²) in [7, 11) is 0. The summed E-state index contributed by atoms with van der Waals surface area (Å²) in [6.07, 6.45) is 1.98. The Morgan fingerprint density at radius 1 is 1.86 bits per heavy atom. The molecule has 0 aromatic carbocycles. The minimum Gasteiger partial charge on any atom is -0.368 e. The SMILES string of the molecule is C[C@H]1CC(C=O)O1. The largest absolute Gasteiger partial charge is 0.368 e. The van der Waals surface area contributed by atoms with E-state index in [1.54, 1.807) is 0 Å². The molecule has 1 rings (SSSR count). The van der Waals surface area contributed by atoms with Crippen LogP contribution in [0.3, 0.4) is 0 Å². The van der Waals surface area contributed by atoms with Crippen LogP contribution < -0.4 is 0 Å². The molecule has 0 radical (unpaired) electrons. The predicted molar refractivity (Wildman–Crippen MR) is 25.0 cm³/mol. The minimum atomic E-state index is -0.0880. The van der Waals surface area contributed by atoms with Gasteiger partial charge in [-0.3, -0.25) is 0 Å². The quantitative estimate of drug-likeness (QED) is 0.445. The molecule has 1 heterocycles. The molecule has 1 aliphatic rings. The average molecular weight is 100 g/mol. The summed E-state index contributed by atoms with van der Waals surface area (Å²) in [5, 5.41) is 0. The molecule has 0 amide bonds. The van der Waals surface area contributed by atoms with Gasteiger partial charge in [0.05, 0.1) is 6.10 Å². The van der Waals surface area contributed by atoms with Gasteiger partial charge in [-0.05, 0) is 6.92 Å². The lowest BCUT2D eigenvalue weighted by Gasteiger charge is -2.28. The second-order valence-electron chi connectivity index (χ2n) is 1.86. The maximum Gasteiger partial charge on any atom is 0.148 e. The molecule has 1 unspecified atom stereocenters. The molecular weight excluding hydrogens is 92.1 g/mol. The molecule has 40 valence electrons. The third-order valence-electron chi connectivity index (χ3n) is 1.12. The molecule has 0 aromatic heterocycles. The van der Waals surface area contributed by atoms with Crippen LogP contribution in [0.5, 0.6) is 0 Å². The number of carbonyl (C=O) groups is 1. The van der Waals surface area contributed by atoms with Crippen molar-refractivity contribution in [3.05, 3.63) is 0 Å². The number of hydrogen-bond acceptors (Lipinski definition) is 2. The lowest BCUT2D eigenvalue weighted by Crippen LogP contribution is -2.35. The molecule has 2 nitrogen and oxygen atoms in total. The number of carbonyl (C=O) groups excluding carboxylic acids is 1. The van der Waals surface area contributed by atoms with Crippen LogP contribution in [0, 0.1) is 0 Å². The van der Waals surface area contributed by atoms with E-state index in [-0.39, 0.29) is 6.10 Å². The highest BCUT2D eigenvalue weighted by Crippen LogP contribution is 2.16. The van der Waals surface area contributed by atoms with Crippen molar-refractivity contribution in [1.82, 2.24) is 0 Å². The molecule has 0 spiro atoms. The van der Waals surface area contributed by atoms with E-state index in [4.69, 9.17) is 4.74 Å². The van der Waals surface area contributed by atoms with Crippen LogP contribution in [-0.2, 0) is 9.53 Å². The van der Waals surface area contributed by atoms with E-state index in [1.165, 1.54) is 0 Å². The van der Waals surface area contributed by atoms with Crippen LogP contribution in [0.2, 0.25) is 0 Å². The van der Waals surface area contributed by atoms with Gasteiger partial charge in [0.1, 0.15) is 12.4 Å². The van der Waals surface area contributed by atoms with Crippen LogP contribution in [0.25, 0.3) is 0 Å². The first kappa shape index (κ1) is 4.78. The second-order valence-corrected chi connectivity index (χ2v) is 1.86. The highest BCUT2D eigenvalue weighted by Gasteiger charge is 2.24. The number of rotatable bonds is 1. The van der Waals surface area contributed by atoms with Gasteiger partial charge in [0, 0.05) is 6.42 Å². The van der Waals surface area contributed by atoms with Gasteiger partial charge in [-0.1, -0.05) is 0 Å². The van der Waals surface area contributed by atoms with Crippen LogP contribution in [-0.4, -0.2) is 18.5 Å². The molecule has 7 heavy (non-hydrogen) atoms. The van der Waals surface area contributed by atoms with Gasteiger partial charge in [-0.15, -0.1) is 0 Å². The normalized spacial score (nSPS) is 39.6. The smallest absolute Gasteiger partial charge is 0.148 e. The highest BCUT2D eigenvalue weighted by molar-refractivity contribution is 5.57. The van der Waals surface area contributed by atoms with Gasteiger partial charge in [-0.2, -0.15) is 0 Å². The fourth-order valence-electron chi connectivity index (χ4n) is 0.702. The molecule has 0 aliphatic carbocycles. The molecule has 1 aliphatic heterocycles. The zero-order chi connectivity index (χ0) is 5.28. The third kappa shape index (κ3) is 0.800. The lowest BCUT2D eigenvalue weighted by molar-refractivity contribution is -0.144. The molecule has 2 heteroatoms. The second kappa shape index (κ2) is 1.62. The van der Waals surface area contributed by atoms with Crippen LogP contribution >= 0.6 is 0 Å². The van der Waals surface area contributed by atoms with Gasteiger partial charge >= 0.3 is 0 Å². The van der Waals surface area contributed by atoms with Gasteiger partial charge in [0.2, 0.25) is 0 Å². The van der Waals surface area contributed by atoms with Crippen molar-refractivity contribution in [3.63, 3.8) is 0 Å². The molecule has 2 atom stereocenters. The van der Waals surface area contributed by atoms with Gasteiger partial charge in [0.15, 0.2) is 0 Å². The van der Waals surface area contributed by atoms with E-state index >= 15 is 0 Å². The Bertz CT molecular complexity index is 74.1. The van der Waals surface area contributed by atoms with Gasteiger partial charge < -0.3 is 9.53 Å². The Balaban J connectivity index is 2.17. The Morgan fingerprint density at radius 2 is 2.43 bits per heavy atom. The zero-order valence-corrected chi connectivity index (χ0v) is 4.26. The first-order valence-electron chi connectivity index (χ1n) is 2.43. The molecule has 1 saturated heterocycles. The van der Waals surface area contributed by atoms with Crippen LogP contribution in [0.15, 0.2) is 0 Å². The Morgan fingerprint density at radius 3 is 2.57 bits per heavy atom. The molecule has 0 bridgehead atoms. The van der Waals surface area contributed by atoms with Crippen LogP contribution in [0.1, 0.15) is 13.3 Å². The monoisotopic (exact) mass is 100 g/mol. The van der Waals surface area contributed by atoms with Crippen LogP contribution in [0.4, 0.5) is 0 Å². The minimum absolute atomic E-state index is 0.0880. The van der Waals surface area contributed by atoms with Crippen molar-refractivity contribution in [1.29, 1.82) is 0 Å². The summed E-state index contributed by atoms with van der Waals surface area (Å²) in [5.41, 5.74) is 0. The zero-order valence-electron chi connectivity index (χ0n) is 4.26. The van der Waals surface area contributed by atoms with Crippen molar-refractivity contribution in [3.8, 4) is 0 Å². The maximum atomic E-state index is 9.81. The summed E-state index contributed by atoms with van der Waals surface area (Å²) in [6, 6.07) is 0. The average Bonchev–Trinajstić information content (AvgIpc) is 1.58. The summed E-state index contributed by atoms with van der Waals surface area (Å²) in [4.78, 5) is 9.81. The summed E-state index contributed by atoms with van der Waals surface area (Å²) < 4.78 is 4.92. The standard InChI is InChI=1S/C5H8O2/c1-4-2-5(3-6)7-4/h3-5H,2H2,1H3/t4-,5?/m0/s1. The predicted octanol–water partition coefficient (Wildman–Crippen LogP) is 0.363. The molecule has 0 saturated carbocycles. The van der Waals surface area contributed by atoms with Gasteiger partial charge in [0.25, 0.3) is 0 Å². The first-order chi connectivity index (χ1) is 3.33. The molecule has 0 aromatic rings. The van der Waals surface area contributed by atoms with E-state index in [1.807, 2.05) is 6.92 Å². The van der Waals surface area contributed by atoms with Crippen molar-refractivity contribution in [2.24, 2.45) is 0 Å². The van der Waals surface area contributed by atoms with E-state index in [0.29, 0.717) is 6.10 Å². The molecule has 1 fully saturated rings. The first-order valence-corrected chi connectivity index (χ1v) is 2.43. The number of hydrogen-bond donors (Lipinski definition) is 0. The third-order valence-corrected chi connectivity index (χ3v) is 1.12. The van der Waals surface area contributed by atoms with E-state index in [0.717, 1.165) is 12.7 Å². The Hall–Kier alpha value is -0.370. The number of aldehydes is 1. The van der Waals surface area contributed by atoms with E-state index in [9.17, 15) is 4.79 Å². The summed E-state index contributed by atoms with van der Waals surface area (Å²) >= 11 is 0. The summed E-state index contributed by atoms with van der Waals surface area (Å²) in [6.45, 7) is 1.96. The van der Waals surface area contributed by atoms with E-state index in [2.05, 4.69) is 0 Å². The van der Waals surface area contributed by atoms with Crippen molar-refractivity contribution in [2.75, 3.05) is 0 Å². The fourth-order valence-corrected chi connectivity index (χ4v) is 0.702. The van der Waals surface area contributed by atoms with Crippen molar-refractivity contribution >= 4 is 6.29 Å². The summed E-state index contributed by atoms with van der Waals surface area (Å²) in [5.74, 6) is 0. The van der Waals surface area contributed by atoms with E-state index < -0.39 is 0 Å². The fraction of sp³-hybridized carbons (Fsp3) is 0.800.